The number of benzene rings is 1. The molecule has 2 N–H and O–H groups in total. The molecule has 1 aromatic carbocycles. The van der Waals surface area contributed by atoms with E-state index < -0.39 is 30.3 Å². The highest BCUT2D eigenvalue weighted by atomic mass is 16.5. The largest absolute Gasteiger partial charge is 0.455 e. The van der Waals surface area contributed by atoms with Gasteiger partial charge in [0.15, 0.2) is 6.61 Å². The zero-order chi connectivity index (χ0) is 20.0. The molecule has 1 aliphatic heterocycles. The number of likely N-dealkylation sites (tertiary alicyclic amines) is 1. The van der Waals surface area contributed by atoms with Gasteiger partial charge in [-0.3, -0.25) is 19.2 Å². The molecule has 1 saturated heterocycles. The Labute approximate surface area is 158 Å². The van der Waals surface area contributed by atoms with Gasteiger partial charge in [0.2, 0.25) is 11.8 Å². The van der Waals surface area contributed by atoms with Gasteiger partial charge in [0, 0.05) is 37.7 Å². The van der Waals surface area contributed by atoms with Gasteiger partial charge in [-0.2, -0.15) is 0 Å². The number of hydrogen-bond acceptors (Lipinski definition) is 5. The standard InChI is InChI=1S/C19H25N3O5/c1-13(2)22-11-14(10-17(22)24)19(26)27-12-18(25)21(9-8-16(20)23)15-6-4-3-5-7-15/h3-7,13-14H,8-12H2,1-2H3,(H2,20,23). The number of nitrogens with zero attached hydrogens (tertiary/aromatic N) is 2. The maximum atomic E-state index is 12.5. The number of carbonyl (C=O) groups is 4. The molecule has 1 atom stereocenters. The molecule has 8 heteroatoms. The molecule has 2 rings (SSSR count). The van der Waals surface area contributed by atoms with E-state index in [0.717, 1.165) is 0 Å². The van der Waals surface area contributed by atoms with Gasteiger partial charge in [0.05, 0.1) is 5.92 Å². The number of para-hydroxylation sites is 1. The van der Waals surface area contributed by atoms with Crippen LogP contribution in [0.1, 0.15) is 26.7 Å². The number of ether oxygens (including phenoxy) is 1. The molecule has 1 aromatic rings. The highest BCUT2D eigenvalue weighted by Gasteiger charge is 2.36. The van der Waals surface area contributed by atoms with Crippen molar-refractivity contribution < 1.29 is 23.9 Å². The molecule has 1 fully saturated rings. The third-order valence-corrected chi connectivity index (χ3v) is 4.40. The van der Waals surface area contributed by atoms with Crippen LogP contribution in [0, 0.1) is 5.92 Å². The smallest absolute Gasteiger partial charge is 0.311 e. The van der Waals surface area contributed by atoms with Crippen molar-refractivity contribution in [3.63, 3.8) is 0 Å². The predicted molar refractivity (Wildman–Crippen MR) is 98.5 cm³/mol. The van der Waals surface area contributed by atoms with Crippen molar-refractivity contribution in [2.75, 3.05) is 24.6 Å². The minimum absolute atomic E-state index is 0.00490. The first kappa shape index (κ1) is 20.4. The molecule has 1 aliphatic rings. The van der Waals surface area contributed by atoms with Gasteiger partial charge in [0.1, 0.15) is 0 Å². The summed E-state index contributed by atoms with van der Waals surface area (Å²) in [6.45, 7) is 3.70. The van der Waals surface area contributed by atoms with Crippen LogP contribution < -0.4 is 10.6 Å². The summed E-state index contributed by atoms with van der Waals surface area (Å²) >= 11 is 0. The Morgan fingerprint density at radius 2 is 1.93 bits per heavy atom. The summed E-state index contributed by atoms with van der Waals surface area (Å²) < 4.78 is 5.15. The Kier molecular flexibility index (Phi) is 6.92. The van der Waals surface area contributed by atoms with E-state index in [-0.39, 0.29) is 31.3 Å². The van der Waals surface area contributed by atoms with Crippen molar-refractivity contribution in [2.24, 2.45) is 11.7 Å². The Hall–Kier alpha value is -2.90. The summed E-state index contributed by atoms with van der Waals surface area (Å²) in [6.07, 6.45) is 0.0876. The zero-order valence-corrected chi connectivity index (χ0v) is 15.6. The fraction of sp³-hybridized carbons (Fsp3) is 0.474. The van der Waals surface area contributed by atoms with Crippen LogP contribution in [0.2, 0.25) is 0 Å². The molecule has 0 radical (unpaired) electrons. The average Bonchev–Trinajstić information content (AvgIpc) is 3.02. The highest BCUT2D eigenvalue weighted by Crippen LogP contribution is 2.21. The van der Waals surface area contributed by atoms with E-state index in [2.05, 4.69) is 0 Å². The Morgan fingerprint density at radius 1 is 1.26 bits per heavy atom. The quantitative estimate of drug-likeness (QED) is 0.673. The first-order valence-corrected chi connectivity index (χ1v) is 8.89. The third kappa shape index (κ3) is 5.54. The Morgan fingerprint density at radius 3 is 2.48 bits per heavy atom. The summed E-state index contributed by atoms with van der Waals surface area (Å²) in [5.74, 6) is -2.21. The first-order chi connectivity index (χ1) is 12.8. The third-order valence-electron chi connectivity index (χ3n) is 4.40. The van der Waals surface area contributed by atoms with E-state index in [1.807, 2.05) is 13.8 Å². The van der Waals surface area contributed by atoms with Crippen molar-refractivity contribution in [1.29, 1.82) is 0 Å². The molecule has 27 heavy (non-hydrogen) atoms. The van der Waals surface area contributed by atoms with Crippen molar-refractivity contribution in [3.05, 3.63) is 30.3 Å². The number of carbonyl (C=O) groups excluding carboxylic acids is 4. The van der Waals surface area contributed by atoms with E-state index in [0.29, 0.717) is 12.2 Å². The summed E-state index contributed by atoms with van der Waals surface area (Å²) in [4.78, 5) is 50.7. The number of hydrogen-bond donors (Lipinski definition) is 1. The van der Waals surface area contributed by atoms with E-state index in [1.165, 1.54) is 4.90 Å². The molecule has 0 bridgehead atoms. The second kappa shape index (κ2) is 9.16. The van der Waals surface area contributed by atoms with Gasteiger partial charge in [-0.25, -0.2) is 0 Å². The van der Waals surface area contributed by atoms with E-state index in [9.17, 15) is 19.2 Å². The zero-order valence-electron chi connectivity index (χ0n) is 15.6. The van der Waals surface area contributed by atoms with Crippen LogP contribution in [0.25, 0.3) is 0 Å². The molecular formula is C19H25N3O5. The lowest BCUT2D eigenvalue weighted by atomic mass is 10.1. The van der Waals surface area contributed by atoms with Crippen LogP contribution in [0.15, 0.2) is 30.3 Å². The fourth-order valence-electron chi connectivity index (χ4n) is 2.94. The monoisotopic (exact) mass is 375 g/mol. The molecule has 0 spiro atoms. The van der Waals surface area contributed by atoms with E-state index >= 15 is 0 Å². The predicted octanol–water partition coefficient (Wildman–Crippen LogP) is 0.695. The van der Waals surface area contributed by atoms with Gasteiger partial charge >= 0.3 is 5.97 Å². The maximum absolute atomic E-state index is 12.5. The number of amides is 3. The van der Waals surface area contributed by atoms with Crippen molar-refractivity contribution >= 4 is 29.4 Å². The van der Waals surface area contributed by atoms with Crippen molar-refractivity contribution in [3.8, 4) is 0 Å². The van der Waals surface area contributed by atoms with Gasteiger partial charge in [-0.15, -0.1) is 0 Å². The van der Waals surface area contributed by atoms with Crippen molar-refractivity contribution in [2.45, 2.75) is 32.7 Å². The number of primary amides is 1. The van der Waals surface area contributed by atoms with Crippen LogP contribution in [-0.2, 0) is 23.9 Å². The minimum atomic E-state index is -0.567. The number of nitrogens with two attached hydrogens (primary N) is 1. The van der Waals surface area contributed by atoms with Crippen LogP contribution in [-0.4, -0.2) is 54.3 Å². The lowest BCUT2D eigenvalue weighted by Gasteiger charge is -2.23. The molecule has 0 aromatic heterocycles. The Balaban J connectivity index is 1.96. The number of rotatable bonds is 8. The van der Waals surface area contributed by atoms with Crippen LogP contribution in [0.4, 0.5) is 5.69 Å². The average molecular weight is 375 g/mol. The summed E-state index contributed by atoms with van der Waals surface area (Å²) in [7, 11) is 0. The van der Waals surface area contributed by atoms with Gasteiger partial charge in [-0.05, 0) is 26.0 Å². The molecule has 1 heterocycles. The molecule has 1 unspecified atom stereocenters. The molecule has 3 amide bonds. The summed E-state index contributed by atoms with van der Waals surface area (Å²) in [5, 5.41) is 0. The molecule has 0 aliphatic carbocycles. The number of esters is 1. The van der Waals surface area contributed by atoms with Gasteiger partial charge in [0.25, 0.3) is 5.91 Å². The fourth-order valence-corrected chi connectivity index (χ4v) is 2.94. The topological polar surface area (TPSA) is 110 Å². The van der Waals surface area contributed by atoms with E-state index in [4.69, 9.17) is 10.5 Å². The first-order valence-electron chi connectivity index (χ1n) is 8.89. The lowest BCUT2D eigenvalue weighted by molar-refractivity contribution is -0.151. The minimum Gasteiger partial charge on any atom is -0.455 e. The molecular weight excluding hydrogens is 350 g/mol. The van der Waals surface area contributed by atoms with Crippen LogP contribution >= 0.6 is 0 Å². The Bertz CT molecular complexity index is 705. The second-order valence-corrected chi connectivity index (χ2v) is 6.75. The lowest BCUT2D eigenvalue weighted by Crippen LogP contribution is -2.38. The summed E-state index contributed by atoms with van der Waals surface area (Å²) in [5.41, 5.74) is 5.76. The second-order valence-electron chi connectivity index (χ2n) is 6.75. The van der Waals surface area contributed by atoms with E-state index in [1.54, 1.807) is 35.2 Å². The van der Waals surface area contributed by atoms with Gasteiger partial charge < -0.3 is 20.3 Å². The SMILES string of the molecule is CC(C)N1CC(C(=O)OCC(=O)N(CCC(N)=O)c2ccccc2)CC1=O. The maximum Gasteiger partial charge on any atom is 0.311 e. The van der Waals surface area contributed by atoms with Gasteiger partial charge in [-0.1, -0.05) is 18.2 Å². The number of anilines is 1. The van der Waals surface area contributed by atoms with Crippen LogP contribution in [0.5, 0.6) is 0 Å². The van der Waals surface area contributed by atoms with Crippen molar-refractivity contribution in [1.82, 2.24) is 4.90 Å². The molecule has 8 nitrogen and oxygen atoms in total. The summed E-state index contributed by atoms with van der Waals surface area (Å²) in [6, 6.07) is 8.78. The molecule has 146 valence electrons. The normalized spacial score (nSPS) is 16.5. The van der Waals surface area contributed by atoms with Crippen LogP contribution in [0.3, 0.4) is 0 Å². The molecule has 0 saturated carbocycles. The highest BCUT2D eigenvalue weighted by molar-refractivity contribution is 5.96.